The van der Waals surface area contributed by atoms with Crippen molar-refractivity contribution >= 4 is 48.8 Å². The van der Waals surface area contributed by atoms with E-state index in [0.717, 1.165) is 50.1 Å². The van der Waals surface area contributed by atoms with Crippen LogP contribution >= 0.6 is 11.3 Å². The van der Waals surface area contributed by atoms with Crippen LogP contribution in [0.5, 0.6) is 0 Å². The lowest BCUT2D eigenvalue weighted by molar-refractivity contribution is 0.660. The lowest BCUT2D eigenvalue weighted by atomic mass is 9.82. The Bertz CT molecular complexity index is 3190. The molecule has 0 aliphatic heterocycles. The molecule has 0 radical (unpaired) electrons. The van der Waals surface area contributed by atoms with Crippen LogP contribution in [0, 0.1) is 0 Å². The molecule has 0 saturated heterocycles. The van der Waals surface area contributed by atoms with Crippen LogP contribution in [0.4, 0.5) is 17.3 Å². The van der Waals surface area contributed by atoms with E-state index in [9.17, 15) is 0 Å². The molecule has 2 heterocycles. The molecule has 0 amide bonds. The number of aromatic nitrogens is 3. The fourth-order valence-electron chi connectivity index (χ4n) is 8.93. The summed E-state index contributed by atoms with van der Waals surface area (Å²) in [5.41, 5.74) is 13.2. The number of hydrogen-bond donors (Lipinski definition) is 0. The van der Waals surface area contributed by atoms with Crippen molar-refractivity contribution in [2.45, 2.75) is 19.3 Å². The quantitative estimate of drug-likeness (QED) is 0.162. The molecule has 0 N–H and O–H groups in total. The summed E-state index contributed by atoms with van der Waals surface area (Å²) in [5, 5.41) is 2.36. The van der Waals surface area contributed by atoms with E-state index >= 15 is 0 Å². The highest BCUT2D eigenvalue weighted by molar-refractivity contribution is 7.25. The van der Waals surface area contributed by atoms with E-state index < -0.39 is 0 Å². The van der Waals surface area contributed by atoms with Crippen molar-refractivity contribution in [2.24, 2.45) is 0 Å². The second-order valence-corrected chi connectivity index (χ2v) is 16.7. The third-order valence-corrected chi connectivity index (χ3v) is 12.9. The number of para-hydroxylation sites is 1. The zero-order valence-electron chi connectivity index (χ0n) is 32.7. The second kappa shape index (κ2) is 14.0. The molecule has 0 atom stereocenters. The highest BCUT2D eigenvalue weighted by atomic mass is 32.1. The van der Waals surface area contributed by atoms with Gasteiger partial charge in [-0.15, -0.1) is 11.3 Å². The Hall–Kier alpha value is -7.21. The number of hydrogen-bond acceptors (Lipinski definition) is 5. The number of nitrogens with zero attached hydrogens (tertiary/aromatic N) is 4. The topological polar surface area (TPSA) is 41.9 Å². The first kappa shape index (κ1) is 35.0. The molecule has 0 fully saturated rings. The molecule has 280 valence electrons. The molecular formula is C54H38N4S. The van der Waals surface area contributed by atoms with Gasteiger partial charge in [-0.25, -0.2) is 4.98 Å². The molecule has 8 aromatic carbocycles. The minimum Gasteiger partial charge on any atom is -0.278 e. The summed E-state index contributed by atoms with van der Waals surface area (Å²) in [7, 11) is 0. The number of thiophene rings is 1. The number of fused-ring (bicyclic) bond motifs is 6. The Kier molecular flexibility index (Phi) is 8.31. The van der Waals surface area contributed by atoms with Gasteiger partial charge in [-0.1, -0.05) is 178 Å². The Morgan fingerprint density at radius 1 is 0.424 bits per heavy atom. The molecule has 11 rings (SSSR count). The van der Waals surface area contributed by atoms with Crippen LogP contribution in [-0.2, 0) is 5.41 Å². The standard InChI is InChI=1S/C54H38N4S/c1-54(2)44-26-12-9-22-40(44)49-42(24-15-27-45(49)54)51-55-52(43-25-16-30-48-50(43)41-23-11-14-29-47(41)59-48)57-53(56-51)58(38-33-31-36(32-34-38)35-17-5-3-6-18-35)46-28-13-10-21-39(46)37-19-7-4-8-20-37/h3-34H,1-2H3. The summed E-state index contributed by atoms with van der Waals surface area (Å²) in [4.78, 5) is 18.7. The van der Waals surface area contributed by atoms with Crippen molar-refractivity contribution in [1.82, 2.24) is 15.0 Å². The van der Waals surface area contributed by atoms with E-state index in [2.05, 4.69) is 213 Å². The molecule has 1 aliphatic carbocycles. The monoisotopic (exact) mass is 774 g/mol. The van der Waals surface area contributed by atoms with E-state index in [1.807, 2.05) is 0 Å². The Morgan fingerprint density at radius 3 is 1.78 bits per heavy atom. The maximum absolute atomic E-state index is 5.53. The van der Waals surface area contributed by atoms with E-state index in [4.69, 9.17) is 15.0 Å². The summed E-state index contributed by atoms with van der Waals surface area (Å²) >= 11 is 1.80. The lowest BCUT2D eigenvalue weighted by Gasteiger charge is -2.27. The maximum Gasteiger partial charge on any atom is 0.238 e. The number of anilines is 3. The molecule has 0 saturated carbocycles. The Labute approximate surface area is 347 Å². The van der Waals surface area contributed by atoms with Crippen LogP contribution in [0.2, 0.25) is 0 Å². The largest absolute Gasteiger partial charge is 0.278 e. The van der Waals surface area contributed by atoms with E-state index in [1.54, 1.807) is 11.3 Å². The van der Waals surface area contributed by atoms with Crippen molar-refractivity contribution in [3.05, 3.63) is 205 Å². The molecule has 2 aromatic heterocycles. The van der Waals surface area contributed by atoms with Crippen LogP contribution < -0.4 is 4.90 Å². The molecule has 0 spiro atoms. The smallest absolute Gasteiger partial charge is 0.238 e. The predicted molar refractivity (Wildman–Crippen MR) is 247 cm³/mol. The normalized spacial score (nSPS) is 12.7. The van der Waals surface area contributed by atoms with Gasteiger partial charge in [0.1, 0.15) is 0 Å². The average Bonchev–Trinajstić information content (AvgIpc) is 3.79. The van der Waals surface area contributed by atoms with Gasteiger partial charge in [0, 0.05) is 48.0 Å². The molecule has 1 aliphatic rings. The van der Waals surface area contributed by atoms with Crippen LogP contribution in [0.15, 0.2) is 194 Å². The molecule has 10 aromatic rings. The third kappa shape index (κ3) is 5.85. The van der Waals surface area contributed by atoms with Crippen LogP contribution in [0.3, 0.4) is 0 Å². The predicted octanol–water partition coefficient (Wildman–Crippen LogP) is 14.7. The van der Waals surface area contributed by atoms with Gasteiger partial charge in [0.15, 0.2) is 11.6 Å². The van der Waals surface area contributed by atoms with Crippen molar-refractivity contribution in [3.8, 4) is 56.2 Å². The number of benzene rings is 8. The average molecular weight is 775 g/mol. The van der Waals surface area contributed by atoms with E-state index in [1.165, 1.54) is 37.0 Å². The van der Waals surface area contributed by atoms with E-state index in [-0.39, 0.29) is 5.41 Å². The van der Waals surface area contributed by atoms with Gasteiger partial charge in [-0.3, -0.25) is 4.90 Å². The zero-order chi connectivity index (χ0) is 39.5. The highest BCUT2D eigenvalue weighted by Crippen LogP contribution is 2.52. The lowest BCUT2D eigenvalue weighted by Crippen LogP contribution is -2.16. The zero-order valence-corrected chi connectivity index (χ0v) is 33.5. The number of rotatable bonds is 7. The van der Waals surface area contributed by atoms with Crippen molar-refractivity contribution < 1.29 is 0 Å². The Morgan fingerprint density at radius 2 is 0.983 bits per heavy atom. The molecule has 5 heteroatoms. The fourth-order valence-corrected chi connectivity index (χ4v) is 10.1. The Balaban J connectivity index is 1.21. The molecule has 0 unspecified atom stereocenters. The summed E-state index contributed by atoms with van der Waals surface area (Å²) in [6.45, 7) is 4.63. The first-order valence-corrected chi connectivity index (χ1v) is 20.9. The second-order valence-electron chi connectivity index (χ2n) is 15.6. The SMILES string of the molecule is CC1(C)c2ccccc2-c2c(-c3nc(-c4cccc5sc6ccccc6c45)nc(N(c4ccc(-c5ccccc5)cc4)c4ccccc4-c4ccccc4)n3)cccc21. The molecule has 59 heavy (non-hydrogen) atoms. The summed E-state index contributed by atoms with van der Waals surface area (Å²) < 4.78 is 2.44. The van der Waals surface area contributed by atoms with Crippen molar-refractivity contribution in [3.63, 3.8) is 0 Å². The molecular weight excluding hydrogens is 737 g/mol. The van der Waals surface area contributed by atoms with Gasteiger partial charge in [-0.2, -0.15) is 9.97 Å². The van der Waals surface area contributed by atoms with Gasteiger partial charge in [0.2, 0.25) is 5.95 Å². The van der Waals surface area contributed by atoms with E-state index in [0.29, 0.717) is 17.6 Å². The first-order valence-electron chi connectivity index (χ1n) is 20.0. The molecule has 4 nitrogen and oxygen atoms in total. The van der Waals surface area contributed by atoms with Crippen LogP contribution in [0.25, 0.3) is 76.3 Å². The van der Waals surface area contributed by atoms with Crippen LogP contribution in [0.1, 0.15) is 25.0 Å². The fraction of sp³-hybridized carbons (Fsp3) is 0.0556. The summed E-state index contributed by atoms with van der Waals surface area (Å²) in [6.07, 6.45) is 0. The van der Waals surface area contributed by atoms with Crippen LogP contribution in [-0.4, -0.2) is 15.0 Å². The molecule has 0 bridgehead atoms. The van der Waals surface area contributed by atoms with Gasteiger partial charge >= 0.3 is 0 Å². The summed E-state index contributed by atoms with van der Waals surface area (Å²) in [6, 6.07) is 68.8. The minimum atomic E-state index is -0.178. The van der Waals surface area contributed by atoms with Crippen molar-refractivity contribution in [2.75, 3.05) is 4.90 Å². The van der Waals surface area contributed by atoms with Gasteiger partial charge in [0.25, 0.3) is 0 Å². The van der Waals surface area contributed by atoms with Crippen molar-refractivity contribution in [1.29, 1.82) is 0 Å². The van der Waals surface area contributed by atoms with Gasteiger partial charge < -0.3 is 0 Å². The third-order valence-electron chi connectivity index (χ3n) is 11.8. The highest BCUT2D eigenvalue weighted by Gasteiger charge is 2.37. The maximum atomic E-state index is 5.53. The van der Waals surface area contributed by atoms with Gasteiger partial charge in [-0.05, 0) is 69.3 Å². The first-order chi connectivity index (χ1) is 29.0. The van der Waals surface area contributed by atoms with Gasteiger partial charge in [0.05, 0.1) is 5.69 Å². The summed E-state index contributed by atoms with van der Waals surface area (Å²) in [5.74, 6) is 1.81. The minimum absolute atomic E-state index is 0.178.